The molecule has 0 saturated heterocycles. The molecular weight excluding hydrogens is 1370 g/mol. The van der Waals surface area contributed by atoms with Crippen LogP contribution in [0.3, 0.4) is 0 Å². The zero-order valence-corrected chi connectivity index (χ0v) is 60.4. The molecule has 0 aliphatic rings. The van der Waals surface area contributed by atoms with Crippen molar-refractivity contribution < 1.29 is 0 Å². The minimum Gasteiger partial charge on any atom is -0.309 e. The lowest BCUT2D eigenvalue weighted by Crippen LogP contribution is -2.00. The Labute approximate surface area is 644 Å². The quantitative estimate of drug-likeness (QED) is 0.120. The van der Waals surface area contributed by atoms with E-state index < -0.39 is 0 Å². The van der Waals surface area contributed by atoms with Gasteiger partial charge in [-0.2, -0.15) is 0 Å². The van der Waals surface area contributed by atoms with Crippen molar-refractivity contribution in [1.29, 1.82) is 0 Å². The van der Waals surface area contributed by atoms with Crippen LogP contribution >= 0.6 is 0 Å². The van der Waals surface area contributed by atoms with Crippen molar-refractivity contribution in [2.24, 2.45) is 0 Å². The van der Waals surface area contributed by atoms with Crippen LogP contribution in [0.15, 0.2) is 395 Å². The van der Waals surface area contributed by atoms with Crippen molar-refractivity contribution >= 4 is 87.5 Å². The Hall–Kier alpha value is -15.3. The Bertz CT molecular complexity index is 6770. The molecule has 8 heterocycles. The van der Waals surface area contributed by atoms with E-state index in [1.54, 1.807) is 0 Å². The van der Waals surface area contributed by atoms with Crippen molar-refractivity contribution in [3.8, 4) is 113 Å². The molecule has 0 bridgehead atoms. The standard InChI is InChI=1S/C51H33N5.C50H32N6/c1-4-14-34(15-5-1)43-33-44(35-16-6-2-7-17-35)54-51(53-43)36-25-28-39(29-26-36)55-45-22-11-10-20-41(45)49-40(21-12-23-47(49)55)37-27-30-46-42(32-37)50-48(24-13-31-52-50)56(46)38-18-8-3-9-19-38;1-4-14-33(15-5-1)48-52-49(34-16-6-2-7-17-34)54-50(53-48)35-25-28-38(29-26-35)55-42-22-11-10-20-40(42)46-39(21-12-23-44(46)55)36-27-30-43-41(32-36)47-45(24-13-31-51-47)56(43)37-18-8-3-9-19-37/h1-33H;1-32H. The van der Waals surface area contributed by atoms with E-state index in [0.29, 0.717) is 23.3 Å². The van der Waals surface area contributed by atoms with Crippen LogP contribution in [0.5, 0.6) is 0 Å². The van der Waals surface area contributed by atoms with Gasteiger partial charge in [-0.05, 0) is 174 Å². The number of fused-ring (bicyclic) bond motifs is 12. The molecule has 0 amide bonds. The third kappa shape index (κ3) is 11.3. The number of nitrogens with zero attached hydrogens (tertiary/aromatic N) is 11. The summed E-state index contributed by atoms with van der Waals surface area (Å²) in [4.78, 5) is 34.7. The molecule has 8 aromatic heterocycles. The smallest absolute Gasteiger partial charge is 0.164 e. The normalized spacial score (nSPS) is 11.6. The van der Waals surface area contributed by atoms with Gasteiger partial charge in [-0.1, -0.05) is 231 Å². The lowest BCUT2D eigenvalue weighted by atomic mass is 9.98. The summed E-state index contributed by atoms with van der Waals surface area (Å²) in [6.07, 6.45) is 3.77. The van der Waals surface area contributed by atoms with Gasteiger partial charge in [0.25, 0.3) is 0 Å². The third-order valence-corrected chi connectivity index (χ3v) is 21.4. The summed E-state index contributed by atoms with van der Waals surface area (Å²) in [5.41, 5.74) is 27.8. The first kappa shape index (κ1) is 65.0. The summed E-state index contributed by atoms with van der Waals surface area (Å²) < 4.78 is 9.34. The van der Waals surface area contributed by atoms with Crippen LogP contribution in [0.2, 0.25) is 0 Å². The third-order valence-electron chi connectivity index (χ3n) is 21.4. The average molecular weight is 1430 g/mol. The van der Waals surface area contributed by atoms with Gasteiger partial charge in [-0.25, -0.2) is 24.9 Å². The lowest BCUT2D eigenvalue weighted by molar-refractivity contribution is 1.07. The average Bonchev–Trinajstić information content (AvgIpc) is 1.60. The minimum atomic E-state index is 0.632. The van der Waals surface area contributed by atoms with Crippen LogP contribution in [0.25, 0.3) is 201 Å². The molecule has 524 valence electrons. The first-order valence-corrected chi connectivity index (χ1v) is 37.6. The molecular formula is C101H65N11. The molecule has 11 heteroatoms. The largest absolute Gasteiger partial charge is 0.309 e. The van der Waals surface area contributed by atoms with Gasteiger partial charge in [0.15, 0.2) is 23.3 Å². The van der Waals surface area contributed by atoms with E-state index in [9.17, 15) is 0 Å². The second kappa shape index (κ2) is 27.5. The highest BCUT2D eigenvalue weighted by atomic mass is 15.0. The molecule has 22 aromatic rings. The van der Waals surface area contributed by atoms with Crippen LogP contribution in [-0.4, -0.2) is 53.2 Å². The molecule has 0 spiro atoms. The van der Waals surface area contributed by atoms with Crippen molar-refractivity contribution in [2.45, 2.75) is 0 Å². The first-order chi connectivity index (χ1) is 55.6. The first-order valence-electron chi connectivity index (χ1n) is 37.6. The van der Waals surface area contributed by atoms with E-state index in [-0.39, 0.29) is 0 Å². The van der Waals surface area contributed by atoms with Gasteiger partial charge in [0, 0.05) is 101 Å². The van der Waals surface area contributed by atoms with Crippen LogP contribution in [0.4, 0.5) is 0 Å². The van der Waals surface area contributed by atoms with Gasteiger partial charge in [0.05, 0.1) is 66.6 Å². The highest BCUT2D eigenvalue weighted by Crippen LogP contribution is 2.44. The number of benzene rings is 14. The predicted octanol–water partition coefficient (Wildman–Crippen LogP) is 24.9. The van der Waals surface area contributed by atoms with Crippen molar-refractivity contribution in [3.05, 3.63) is 395 Å². The second-order valence-corrected chi connectivity index (χ2v) is 28.0. The van der Waals surface area contributed by atoms with Gasteiger partial charge >= 0.3 is 0 Å². The second-order valence-electron chi connectivity index (χ2n) is 28.0. The number of para-hydroxylation sites is 4. The van der Waals surface area contributed by atoms with Crippen LogP contribution in [-0.2, 0) is 0 Å². The molecule has 14 aromatic carbocycles. The fraction of sp³-hybridized carbons (Fsp3) is 0. The summed E-state index contributed by atoms with van der Waals surface area (Å²) in [5, 5.41) is 7.10. The zero-order chi connectivity index (χ0) is 74.0. The van der Waals surface area contributed by atoms with Gasteiger partial charge in [0.1, 0.15) is 0 Å². The summed E-state index contributed by atoms with van der Waals surface area (Å²) >= 11 is 0. The maximum absolute atomic E-state index is 5.07. The van der Waals surface area contributed by atoms with Crippen molar-refractivity contribution in [3.63, 3.8) is 0 Å². The Balaban J connectivity index is 0.000000141. The summed E-state index contributed by atoms with van der Waals surface area (Å²) in [6.45, 7) is 0. The highest BCUT2D eigenvalue weighted by molar-refractivity contribution is 6.19. The van der Waals surface area contributed by atoms with Crippen LogP contribution in [0, 0.1) is 0 Å². The number of pyridine rings is 2. The fourth-order valence-electron chi connectivity index (χ4n) is 16.3. The van der Waals surface area contributed by atoms with E-state index in [0.717, 1.165) is 145 Å². The van der Waals surface area contributed by atoms with E-state index in [1.165, 1.54) is 32.7 Å². The summed E-state index contributed by atoms with van der Waals surface area (Å²) in [6, 6.07) is 134. The molecule has 0 aliphatic carbocycles. The van der Waals surface area contributed by atoms with Gasteiger partial charge < -0.3 is 18.3 Å². The minimum absolute atomic E-state index is 0.632. The zero-order valence-electron chi connectivity index (χ0n) is 60.4. The van der Waals surface area contributed by atoms with Gasteiger partial charge in [0.2, 0.25) is 0 Å². The van der Waals surface area contributed by atoms with Gasteiger partial charge in [-0.3, -0.25) is 9.97 Å². The van der Waals surface area contributed by atoms with Crippen molar-refractivity contribution in [2.75, 3.05) is 0 Å². The Kier molecular flexibility index (Phi) is 15.9. The molecule has 0 fully saturated rings. The molecule has 0 unspecified atom stereocenters. The number of rotatable bonds is 12. The predicted molar refractivity (Wildman–Crippen MR) is 458 cm³/mol. The monoisotopic (exact) mass is 1430 g/mol. The molecule has 0 saturated carbocycles. The van der Waals surface area contributed by atoms with Crippen LogP contribution < -0.4 is 0 Å². The van der Waals surface area contributed by atoms with E-state index in [2.05, 4.69) is 291 Å². The van der Waals surface area contributed by atoms with Gasteiger partial charge in [-0.15, -0.1) is 0 Å². The van der Waals surface area contributed by atoms with Crippen molar-refractivity contribution in [1.82, 2.24) is 53.2 Å². The number of aromatic nitrogens is 11. The molecule has 11 nitrogen and oxygen atoms in total. The van der Waals surface area contributed by atoms with Crippen LogP contribution in [0.1, 0.15) is 0 Å². The Morgan fingerprint density at radius 2 is 0.473 bits per heavy atom. The Morgan fingerprint density at radius 1 is 0.179 bits per heavy atom. The molecule has 22 rings (SSSR count). The molecule has 112 heavy (non-hydrogen) atoms. The summed E-state index contributed by atoms with van der Waals surface area (Å²) in [5.74, 6) is 2.62. The highest BCUT2D eigenvalue weighted by Gasteiger charge is 2.23. The molecule has 0 aliphatic heterocycles. The number of hydrogen-bond acceptors (Lipinski definition) is 7. The van der Waals surface area contributed by atoms with E-state index >= 15 is 0 Å². The van der Waals surface area contributed by atoms with E-state index in [1.807, 2.05) is 122 Å². The van der Waals surface area contributed by atoms with E-state index in [4.69, 9.17) is 34.9 Å². The lowest BCUT2D eigenvalue weighted by Gasteiger charge is -2.12. The molecule has 0 N–H and O–H groups in total. The number of hydrogen-bond donors (Lipinski definition) is 0. The Morgan fingerprint density at radius 3 is 0.875 bits per heavy atom. The maximum atomic E-state index is 5.07. The molecule has 0 atom stereocenters. The topological polar surface area (TPSA) is 110 Å². The SMILES string of the molecule is c1ccc(-c2cc(-c3ccccc3)nc(-c3ccc(-n4c5ccccc5c5c(-c6ccc7c(c6)c6ncccc6n7-c6ccccc6)cccc54)cc3)n2)cc1.c1ccc(-c2nc(-c3ccccc3)nc(-c3ccc(-n4c5ccccc5c5c(-c6ccc7c(c6)c6ncccc6n7-c6ccccc6)cccc54)cc3)n2)cc1. The maximum Gasteiger partial charge on any atom is 0.164 e. The summed E-state index contributed by atoms with van der Waals surface area (Å²) in [7, 11) is 0. The molecule has 0 radical (unpaired) electrons. The fourth-order valence-corrected chi connectivity index (χ4v) is 16.3.